The fourth-order valence-electron chi connectivity index (χ4n) is 1.40. The van der Waals surface area contributed by atoms with Crippen LogP contribution < -0.4 is 11.1 Å². The Hall–Kier alpha value is -1.06. The normalized spacial score (nSPS) is 12.2. The molecule has 0 bridgehead atoms. The molecule has 0 spiro atoms. The molecule has 0 aromatic heterocycles. The second-order valence-corrected chi connectivity index (χ2v) is 4.20. The molecule has 1 aromatic rings. The molecule has 1 amide bonds. The Balaban J connectivity index is 2.80. The molecule has 1 aromatic carbocycles. The summed E-state index contributed by atoms with van der Waals surface area (Å²) in [6.07, 6.45) is 0.811. The maximum atomic E-state index is 11.9. The van der Waals surface area contributed by atoms with E-state index in [-0.39, 0.29) is 11.9 Å². The molecule has 88 valence electrons. The number of rotatable bonds is 4. The number of hydrogen-bond acceptors (Lipinski definition) is 2. The molecule has 3 N–H and O–H groups in total. The summed E-state index contributed by atoms with van der Waals surface area (Å²) in [6, 6.07) is 5.38. The molecule has 1 atom stereocenters. The van der Waals surface area contributed by atoms with Crippen LogP contribution in [0.5, 0.6) is 0 Å². The van der Waals surface area contributed by atoms with E-state index in [9.17, 15) is 4.79 Å². The molecule has 1 rings (SSSR count). The van der Waals surface area contributed by atoms with E-state index in [4.69, 9.17) is 17.3 Å². The zero-order valence-electron chi connectivity index (χ0n) is 9.59. The van der Waals surface area contributed by atoms with Gasteiger partial charge in [0.15, 0.2) is 0 Å². The molecule has 16 heavy (non-hydrogen) atoms. The van der Waals surface area contributed by atoms with Crippen molar-refractivity contribution in [2.24, 2.45) is 5.73 Å². The van der Waals surface area contributed by atoms with E-state index in [0.717, 1.165) is 12.0 Å². The van der Waals surface area contributed by atoms with Gasteiger partial charge < -0.3 is 11.1 Å². The largest absolute Gasteiger partial charge is 0.348 e. The lowest BCUT2D eigenvalue weighted by molar-refractivity contribution is 0.0937. The van der Waals surface area contributed by atoms with Gasteiger partial charge >= 0.3 is 0 Å². The fraction of sp³-hybridized carbons (Fsp3) is 0.417. The van der Waals surface area contributed by atoms with E-state index in [1.54, 1.807) is 12.1 Å². The molecule has 3 nitrogen and oxygen atoms in total. The average molecular weight is 241 g/mol. The van der Waals surface area contributed by atoms with Crippen LogP contribution in [-0.4, -0.2) is 18.5 Å². The van der Waals surface area contributed by atoms with Crippen molar-refractivity contribution in [3.63, 3.8) is 0 Å². The summed E-state index contributed by atoms with van der Waals surface area (Å²) in [5.41, 5.74) is 7.06. The zero-order valence-corrected chi connectivity index (χ0v) is 10.3. The summed E-state index contributed by atoms with van der Waals surface area (Å²) in [6.45, 7) is 4.35. The lowest BCUT2D eigenvalue weighted by atomic mass is 10.1. The maximum absolute atomic E-state index is 11.9. The Kier molecular flexibility index (Phi) is 4.77. The van der Waals surface area contributed by atoms with Crippen molar-refractivity contribution in [2.75, 3.05) is 6.54 Å². The minimum absolute atomic E-state index is 0.00451. The van der Waals surface area contributed by atoms with E-state index in [1.807, 2.05) is 19.9 Å². The Morgan fingerprint density at radius 3 is 2.75 bits per heavy atom. The third-order valence-electron chi connectivity index (χ3n) is 2.48. The molecule has 0 aliphatic heterocycles. The van der Waals surface area contributed by atoms with Crippen molar-refractivity contribution in [3.05, 3.63) is 34.3 Å². The first-order valence-corrected chi connectivity index (χ1v) is 5.73. The summed E-state index contributed by atoms with van der Waals surface area (Å²) >= 11 is 6.00. The van der Waals surface area contributed by atoms with Gasteiger partial charge in [-0.15, -0.1) is 0 Å². The molecule has 0 saturated heterocycles. The molecule has 4 heteroatoms. The first-order chi connectivity index (χ1) is 7.58. The van der Waals surface area contributed by atoms with Crippen LogP contribution in [0.25, 0.3) is 0 Å². The fourth-order valence-corrected chi connectivity index (χ4v) is 1.72. The number of carbonyl (C=O) groups is 1. The number of nitrogens with one attached hydrogen (secondary N) is 1. The second kappa shape index (κ2) is 5.87. The topological polar surface area (TPSA) is 55.1 Å². The van der Waals surface area contributed by atoms with Crippen molar-refractivity contribution >= 4 is 17.5 Å². The standard InChI is InChI=1S/C12H17ClN2O/c1-3-9(7-14)15-12(16)10-5-4-8(2)6-11(10)13/h4-6,9H,3,7,14H2,1-2H3,(H,15,16). The summed E-state index contributed by atoms with van der Waals surface area (Å²) in [7, 11) is 0. The molecule has 0 fully saturated rings. The Morgan fingerprint density at radius 1 is 1.56 bits per heavy atom. The van der Waals surface area contributed by atoms with E-state index in [1.165, 1.54) is 0 Å². The molecular weight excluding hydrogens is 224 g/mol. The minimum atomic E-state index is -0.165. The molecule has 1 unspecified atom stereocenters. The van der Waals surface area contributed by atoms with Gasteiger partial charge in [0.05, 0.1) is 10.6 Å². The van der Waals surface area contributed by atoms with Crippen LogP contribution in [0.15, 0.2) is 18.2 Å². The Labute approximate surface area is 101 Å². The summed E-state index contributed by atoms with van der Waals surface area (Å²) < 4.78 is 0. The van der Waals surface area contributed by atoms with Crippen molar-refractivity contribution in [3.8, 4) is 0 Å². The predicted octanol–water partition coefficient (Wildman–Crippen LogP) is 2.12. The van der Waals surface area contributed by atoms with Gasteiger partial charge in [0, 0.05) is 12.6 Å². The highest BCUT2D eigenvalue weighted by Crippen LogP contribution is 2.17. The van der Waals surface area contributed by atoms with Crippen molar-refractivity contribution in [1.82, 2.24) is 5.32 Å². The number of benzene rings is 1. The monoisotopic (exact) mass is 240 g/mol. The van der Waals surface area contributed by atoms with Crippen LogP contribution in [-0.2, 0) is 0 Å². The van der Waals surface area contributed by atoms with Gasteiger partial charge in [0.1, 0.15) is 0 Å². The van der Waals surface area contributed by atoms with Crippen LogP contribution in [0.2, 0.25) is 5.02 Å². The summed E-state index contributed by atoms with van der Waals surface area (Å²) in [5, 5.41) is 3.32. The molecule has 0 heterocycles. The average Bonchev–Trinajstić information content (AvgIpc) is 2.25. The summed E-state index contributed by atoms with van der Waals surface area (Å²) in [4.78, 5) is 11.9. The molecule has 0 saturated carbocycles. The van der Waals surface area contributed by atoms with Gasteiger partial charge in [-0.3, -0.25) is 4.79 Å². The van der Waals surface area contributed by atoms with Crippen molar-refractivity contribution in [1.29, 1.82) is 0 Å². The smallest absolute Gasteiger partial charge is 0.253 e. The van der Waals surface area contributed by atoms with E-state index in [0.29, 0.717) is 17.1 Å². The highest BCUT2D eigenvalue weighted by molar-refractivity contribution is 6.33. The summed E-state index contributed by atoms with van der Waals surface area (Å²) in [5.74, 6) is -0.165. The third-order valence-corrected chi connectivity index (χ3v) is 2.79. The van der Waals surface area contributed by atoms with Crippen LogP contribution in [0.1, 0.15) is 29.3 Å². The Morgan fingerprint density at radius 2 is 2.25 bits per heavy atom. The molecule has 0 radical (unpaired) electrons. The quantitative estimate of drug-likeness (QED) is 0.847. The van der Waals surface area contributed by atoms with Gasteiger partial charge in [-0.25, -0.2) is 0 Å². The van der Waals surface area contributed by atoms with Crippen LogP contribution in [0, 0.1) is 6.92 Å². The lowest BCUT2D eigenvalue weighted by Gasteiger charge is -2.15. The van der Waals surface area contributed by atoms with Crippen molar-refractivity contribution < 1.29 is 4.79 Å². The number of nitrogens with two attached hydrogens (primary N) is 1. The van der Waals surface area contributed by atoms with Crippen LogP contribution in [0.3, 0.4) is 0 Å². The van der Waals surface area contributed by atoms with Gasteiger partial charge in [-0.05, 0) is 31.0 Å². The Bertz CT molecular complexity index is 375. The predicted molar refractivity (Wildman–Crippen MR) is 66.8 cm³/mol. The third kappa shape index (κ3) is 3.22. The number of hydrogen-bond donors (Lipinski definition) is 2. The molecular formula is C12H17ClN2O. The molecule has 0 aliphatic rings. The number of aryl methyl sites for hydroxylation is 1. The zero-order chi connectivity index (χ0) is 12.1. The lowest BCUT2D eigenvalue weighted by Crippen LogP contribution is -2.39. The molecule has 0 aliphatic carbocycles. The second-order valence-electron chi connectivity index (χ2n) is 3.80. The number of halogens is 1. The highest BCUT2D eigenvalue weighted by atomic mass is 35.5. The van der Waals surface area contributed by atoms with Gasteiger partial charge in [0.2, 0.25) is 0 Å². The first-order valence-electron chi connectivity index (χ1n) is 5.35. The van der Waals surface area contributed by atoms with E-state index < -0.39 is 0 Å². The highest BCUT2D eigenvalue weighted by Gasteiger charge is 2.13. The van der Waals surface area contributed by atoms with Crippen LogP contribution >= 0.6 is 11.6 Å². The maximum Gasteiger partial charge on any atom is 0.253 e. The number of carbonyl (C=O) groups excluding carboxylic acids is 1. The SMILES string of the molecule is CCC(CN)NC(=O)c1ccc(C)cc1Cl. The number of amides is 1. The first kappa shape index (κ1) is 13.0. The van der Waals surface area contributed by atoms with E-state index >= 15 is 0 Å². The van der Waals surface area contributed by atoms with Crippen LogP contribution in [0.4, 0.5) is 0 Å². The van der Waals surface area contributed by atoms with Gasteiger partial charge in [-0.1, -0.05) is 24.6 Å². The minimum Gasteiger partial charge on any atom is -0.348 e. The van der Waals surface area contributed by atoms with E-state index in [2.05, 4.69) is 5.32 Å². The van der Waals surface area contributed by atoms with Crippen molar-refractivity contribution in [2.45, 2.75) is 26.3 Å². The van der Waals surface area contributed by atoms with Gasteiger partial charge in [0.25, 0.3) is 5.91 Å². The van der Waals surface area contributed by atoms with Gasteiger partial charge in [-0.2, -0.15) is 0 Å².